The average Bonchev–Trinajstić information content (AvgIpc) is 2.23. The standard InChI is InChI=1S/C11H15ClN4O2/c1-4-5-13-11-9(16(17)18)10(12)14-8(15-11)6-7(2)3/h4,7H,1,5-6H2,2-3H3,(H,13,14,15). The van der Waals surface area contributed by atoms with Crippen LogP contribution in [0, 0.1) is 16.0 Å². The maximum atomic E-state index is 10.9. The molecule has 1 N–H and O–H groups in total. The third-order valence-corrected chi connectivity index (χ3v) is 2.34. The largest absolute Gasteiger partial charge is 0.361 e. The number of nitro groups is 1. The van der Waals surface area contributed by atoms with Gasteiger partial charge in [-0.3, -0.25) is 10.1 Å². The fourth-order valence-electron chi connectivity index (χ4n) is 1.38. The summed E-state index contributed by atoms with van der Waals surface area (Å²) in [5.41, 5.74) is -0.300. The Balaban J connectivity index is 3.18. The van der Waals surface area contributed by atoms with Crippen LogP contribution in [0.15, 0.2) is 12.7 Å². The van der Waals surface area contributed by atoms with Gasteiger partial charge in [-0.05, 0) is 5.92 Å². The van der Waals surface area contributed by atoms with Gasteiger partial charge in [0.05, 0.1) is 4.92 Å². The highest BCUT2D eigenvalue weighted by molar-refractivity contribution is 6.31. The van der Waals surface area contributed by atoms with Gasteiger partial charge in [-0.2, -0.15) is 0 Å². The molecule has 0 radical (unpaired) electrons. The van der Waals surface area contributed by atoms with E-state index in [9.17, 15) is 10.1 Å². The molecule has 0 saturated heterocycles. The number of nitrogens with one attached hydrogen (secondary N) is 1. The molecule has 1 aromatic heterocycles. The molecule has 0 spiro atoms. The molecule has 0 amide bonds. The van der Waals surface area contributed by atoms with Crippen molar-refractivity contribution < 1.29 is 4.92 Å². The number of hydrogen-bond acceptors (Lipinski definition) is 5. The second kappa shape index (κ2) is 6.30. The van der Waals surface area contributed by atoms with Crippen LogP contribution < -0.4 is 5.32 Å². The highest BCUT2D eigenvalue weighted by atomic mass is 35.5. The second-order valence-electron chi connectivity index (χ2n) is 4.15. The lowest BCUT2D eigenvalue weighted by molar-refractivity contribution is -0.384. The van der Waals surface area contributed by atoms with E-state index in [0.29, 0.717) is 24.7 Å². The zero-order chi connectivity index (χ0) is 13.7. The van der Waals surface area contributed by atoms with Crippen LogP contribution in [-0.4, -0.2) is 21.4 Å². The van der Waals surface area contributed by atoms with E-state index in [1.807, 2.05) is 13.8 Å². The van der Waals surface area contributed by atoms with Gasteiger partial charge in [0, 0.05) is 13.0 Å². The SMILES string of the molecule is C=CCNc1nc(CC(C)C)nc(Cl)c1[N+](=O)[O-]. The van der Waals surface area contributed by atoms with Gasteiger partial charge in [-0.1, -0.05) is 31.5 Å². The molecule has 0 aliphatic rings. The minimum absolute atomic E-state index is 0.135. The molecule has 1 aromatic rings. The Morgan fingerprint density at radius 3 is 2.72 bits per heavy atom. The maximum absolute atomic E-state index is 10.9. The van der Waals surface area contributed by atoms with Gasteiger partial charge in [0.2, 0.25) is 11.0 Å². The first-order chi connectivity index (χ1) is 8.45. The number of hydrogen-bond donors (Lipinski definition) is 1. The first-order valence-corrected chi connectivity index (χ1v) is 5.89. The predicted molar refractivity (Wildman–Crippen MR) is 70.9 cm³/mol. The molecule has 1 heterocycles. The molecule has 6 nitrogen and oxygen atoms in total. The van der Waals surface area contributed by atoms with E-state index in [4.69, 9.17) is 11.6 Å². The highest BCUT2D eigenvalue weighted by Gasteiger charge is 2.23. The van der Waals surface area contributed by atoms with Gasteiger partial charge in [0.15, 0.2) is 0 Å². The Kier molecular flexibility index (Phi) is 5.03. The molecule has 0 fully saturated rings. The Morgan fingerprint density at radius 2 is 2.22 bits per heavy atom. The molecule has 0 aliphatic carbocycles. The van der Waals surface area contributed by atoms with E-state index in [2.05, 4.69) is 21.9 Å². The van der Waals surface area contributed by atoms with E-state index >= 15 is 0 Å². The van der Waals surface area contributed by atoms with E-state index in [1.54, 1.807) is 6.08 Å². The van der Waals surface area contributed by atoms with Gasteiger partial charge >= 0.3 is 5.69 Å². The van der Waals surface area contributed by atoms with E-state index < -0.39 is 4.92 Å². The van der Waals surface area contributed by atoms with Crippen molar-refractivity contribution in [2.75, 3.05) is 11.9 Å². The number of halogens is 1. The Bertz CT molecular complexity index is 463. The third kappa shape index (κ3) is 3.66. The van der Waals surface area contributed by atoms with Crippen molar-refractivity contribution in [3.05, 3.63) is 33.7 Å². The third-order valence-electron chi connectivity index (χ3n) is 2.08. The molecule has 0 unspecified atom stereocenters. The van der Waals surface area contributed by atoms with E-state index in [1.165, 1.54) is 0 Å². The van der Waals surface area contributed by atoms with E-state index in [0.717, 1.165) is 0 Å². The average molecular weight is 271 g/mol. The monoisotopic (exact) mass is 270 g/mol. The first kappa shape index (κ1) is 14.4. The number of rotatable bonds is 6. The molecule has 0 aromatic carbocycles. The topological polar surface area (TPSA) is 81.0 Å². The van der Waals surface area contributed by atoms with Crippen molar-refractivity contribution in [2.45, 2.75) is 20.3 Å². The minimum Gasteiger partial charge on any atom is -0.361 e. The van der Waals surface area contributed by atoms with Crippen molar-refractivity contribution in [2.24, 2.45) is 5.92 Å². The molecule has 0 atom stereocenters. The Labute approximate surface area is 110 Å². The highest BCUT2D eigenvalue weighted by Crippen LogP contribution is 2.29. The Hall–Kier alpha value is -1.69. The van der Waals surface area contributed by atoms with Gasteiger partial charge in [0.1, 0.15) is 5.82 Å². The number of nitrogens with zero attached hydrogens (tertiary/aromatic N) is 3. The van der Waals surface area contributed by atoms with Crippen molar-refractivity contribution in [3.63, 3.8) is 0 Å². The van der Waals surface area contributed by atoms with Crippen LogP contribution in [0.3, 0.4) is 0 Å². The summed E-state index contributed by atoms with van der Waals surface area (Å²) in [7, 11) is 0. The van der Waals surface area contributed by atoms with Gasteiger partial charge < -0.3 is 5.32 Å². The summed E-state index contributed by atoms with van der Waals surface area (Å²) in [6.07, 6.45) is 2.20. The van der Waals surface area contributed by atoms with Crippen LogP contribution >= 0.6 is 11.6 Å². The van der Waals surface area contributed by atoms with Crippen LogP contribution in [0.25, 0.3) is 0 Å². The normalized spacial score (nSPS) is 10.4. The summed E-state index contributed by atoms with van der Waals surface area (Å²) in [6.45, 7) is 7.92. The summed E-state index contributed by atoms with van der Waals surface area (Å²) in [6, 6.07) is 0. The quantitative estimate of drug-likeness (QED) is 0.372. The van der Waals surface area contributed by atoms with Crippen LogP contribution in [-0.2, 0) is 6.42 Å². The lowest BCUT2D eigenvalue weighted by Gasteiger charge is -2.08. The summed E-state index contributed by atoms with van der Waals surface area (Å²) in [4.78, 5) is 18.4. The van der Waals surface area contributed by atoms with Crippen LogP contribution in [0.5, 0.6) is 0 Å². The van der Waals surface area contributed by atoms with Crippen LogP contribution in [0.4, 0.5) is 11.5 Å². The number of anilines is 1. The fraction of sp³-hybridized carbons (Fsp3) is 0.455. The zero-order valence-corrected chi connectivity index (χ0v) is 11.1. The molecular formula is C11H15ClN4O2. The summed E-state index contributed by atoms with van der Waals surface area (Å²) < 4.78 is 0. The first-order valence-electron chi connectivity index (χ1n) is 5.51. The lowest BCUT2D eigenvalue weighted by Crippen LogP contribution is -2.10. The van der Waals surface area contributed by atoms with Crippen molar-refractivity contribution in [1.29, 1.82) is 0 Å². The lowest BCUT2D eigenvalue weighted by atomic mass is 10.1. The second-order valence-corrected chi connectivity index (χ2v) is 4.51. The molecule has 0 aliphatic heterocycles. The number of aromatic nitrogens is 2. The van der Waals surface area contributed by atoms with Crippen LogP contribution in [0.2, 0.25) is 5.15 Å². The predicted octanol–water partition coefficient (Wildman–Crippen LogP) is 2.83. The molecule has 98 valence electrons. The minimum atomic E-state index is -0.590. The zero-order valence-electron chi connectivity index (χ0n) is 10.3. The molecule has 1 rings (SSSR count). The van der Waals surface area contributed by atoms with E-state index in [-0.39, 0.29) is 16.7 Å². The van der Waals surface area contributed by atoms with Crippen molar-refractivity contribution in [3.8, 4) is 0 Å². The molecule has 7 heteroatoms. The van der Waals surface area contributed by atoms with Gasteiger partial charge in [-0.15, -0.1) is 6.58 Å². The molecule has 18 heavy (non-hydrogen) atoms. The fourth-order valence-corrected chi connectivity index (χ4v) is 1.64. The summed E-state index contributed by atoms with van der Waals surface area (Å²) >= 11 is 5.83. The van der Waals surface area contributed by atoms with Gasteiger partial charge in [0.25, 0.3) is 0 Å². The Morgan fingerprint density at radius 1 is 1.56 bits per heavy atom. The molecule has 0 bridgehead atoms. The summed E-state index contributed by atoms with van der Waals surface area (Å²) in [5, 5.41) is 13.6. The van der Waals surface area contributed by atoms with Crippen molar-refractivity contribution in [1.82, 2.24) is 9.97 Å². The smallest absolute Gasteiger partial charge is 0.348 e. The van der Waals surface area contributed by atoms with Crippen molar-refractivity contribution >= 4 is 23.1 Å². The molecular weight excluding hydrogens is 256 g/mol. The molecule has 0 saturated carbocycles. The van der Waals surface area contributed by atoms with Gasteiger partial charge in [-0.25, -0.2) is 9.97 Å². The maximum Gasteiger partial charge on any atom is 0.348 e. The summed E-state index contributed by atoms with van der Waals surface area (Å²) in [5.74, 6) is 0.970. The van der Waals surface area contributed by atoms with Crippen LogP contribution in [0.1, 0.15) is 19.7 Å².